The van der Waals surface area contributed by atoms with Crippen LogP contribution >= 0.6 is 0 Å². The Hall–Kier alpha value is -1.13. The smallest absolute Gasteiger partial charge is 0.320 e. The summed E-state index contributed by atoms with van der Waals surface area (Å²) in [6.07, 6.45) is 0.390. The Balaban J connectivity index is 2.76. The zero-order valence-electron chi connectivity index (χ0n) is 10.0. The molecule has 0 unspecified atom stereocenters. The van der Waals surface area contributed by atoms with Crippen molar-refractivity contribution >= 4 is 19.2 Å². The molecular formula is C12H19NO2Si. The van der Waals surface area contributed by atoms with Crippen molar-refractivity contribution in [2.45, 2.75) is 32.1 Å². The number of hydrogen-bond donors (Lipinski definition) is 2. The number of hydrogen-bond acceptors (Lipinski definition) is 2. The summed E-state index contributed by atoms with van der Waals surface area (Å²) in [5.74, 6) is -0.950. The van der Waals surface area contributed by atoms with Crippen LogP contribution in [0.2, 0.25) is 19.6 Å². The minimum absolute atomic E-state index is 0.390. The Morgan fingerprint density at radius 2 is 1.81 bits per heavy atom. The van der Waals surface area contributed by atoms with Crippen molar-refractivity contribution in [3.63, 3.8) is 0 Å². The number of nitrogens with two attached hydrogens (primary N) is 1. The van der Waals surface area contributed by atoms with E-state index in [-0.39, 0.29) is 0 Å². The van der Waals surface area contributed by atoms with Gasteiger partial charge in [-0.05, 0) is 12.0 Å². The van der Waals surface area contributed by atoms with Gasteiger partial charge < -0.3 is 10.8 Å². The van der Waals surface area contributed by atoms with E-state index in [0.717, 1.165) is 5.56 Å². The van der Waals surface area contributed by atoms with Gasteiger partial charge in [-0.1, -0.05) is 49.1 Å². The molecule has 1 rings (SSSR count). The Bertz CT molecular complexity index is 368. The van der Waals surface area contributed by atoms with Crippen molar-refractivity contribution in [3.05, 3.63) is 29.8 Å². The van der Waals surface area contributed by atoms with Crippen LogP contribution in [0.3, 0.4) is 0 Å². The second-order valence-corrected chi connectivity index (χ2v) is 10.2. The van der Waals surface area contributed by atoms with Crippen LogP contribution in [0.4, 0.5) is 0 Å². The van der Waals surface area contributed by atoms with E-state index >= 15 is 0 Å². The molecule has 0 saturated heterocycles. The number of benzene rings is 1. The molecule has 16 heavy (non-hydrogen) atoms. The maximum Gasteiger partial charge on any atom is 0.320 e. The predicted octanol–water partition coefficient (Wildman–Crippen LogP) is 1.19. The van der Waals surface area contributed by atoms with Crippen LogP contribution in [0.25, 0.3) is 0 Å². The predicted molar refractivity (Wildman–Crippen MR) is 68.7 cm³/mol. The summed E-state index contributed by atoms with van der Waals surface area (Å²) < 4.78 is 0. The molecule has 0 amide bonds. The van der Waals surface area contributed by atoms with Gasteiger partial charge >= 0.3 is 5.97 Å². The SMILES string of the molecule is C[Si](C)(C)c1ccc(C[C@@H](N)C(=O)O)cc1. The normalized spacial score (nSPS) is 13.5. The second kappa shape index (κ2) is 4.80. The fourth-order valence-corrected chi connectivity index (χ4v) is 2.65. The molecule has 0 spiro atoms. The molecule has 1 aromatic carbocycles. The molecule has 0 heterocycles. The summed E-state index contributed by atoms with van der Waals surface area (Å²) in [7, 11) is -1.27. The van der Waals surface area contributed by atoms with E-state index in [1.807, 2.05) is 12.1 Å². The van der Waals surface area contributed by atoms with Crippen molar-refractivity contribution in [1.29, 1.82) is 0 Å². The quantitative estimate of drug-likeness (QED) is 0.773. The molecule has 88 valence electrons. The second-order valence-electron chi connectivity index (χ2n) is 5.10. The number of aliphatic carboxylic acids is 1. The Morgan fingerprint density at radius 1 is 1.31 bits per heavy atom. The lowest BCUT2D eigenvalue weighted by atomic mass is 10.1. The van der Waals surface area contributed by atoms with Crippen LogP contribution in [0.5, 0.6) is 0 Å². The molecule has 0 saturated carbocycles. The van der Waals surface area contributed by atoms with Gasteiger partial charge in [0.2, 0.25) is 0 Å². The zero-order valence-corrected chi connectivity index (χ0v) is 11.0. The fourth-order valence-electron chi connectivity index (χ4n) is 1.48. The van der Waals surface area contributed by atoms with E-state index < -0.39 is 20.1 Å². The lowest BCUT2D eigenvalue weighted by molar-refractivity contribution is -0.138. The summed E-state index contributed by atoms with van der Waals surface area (Å²) >= 11 is 0. The fraction of sp³-hybridized carbons (Fsp3) is 0.417. The maximum absolute atomic E-state index is 10.6. The minimum atomic E-state index is -1.27. The highest BCUT2D eigenvalue weighted by Gasteiger charge is 2.16. The molecule has 3 N–H and O–H groups in total. The molecule has 0 aliphatic rings. The van der Waals surface area contributed by atoms with E-state index in [0.29, 0.717) is 6.42 Å². The molecule has 0 aliphatic heterocycles. The van der Waals surface area contributed by atoms with Crippen LogP contribution in [0, 0.1) is 0 Å². The van der Waals surface area contributed by atoms with Crippen LogP contribution in [0.15, 0.2) is 24.3 Å². The van der Waals surface area contributed by atoms with Crippen molar-refractivity contribution in [1.82, 2.24) is 0 Å². The summed E-state index contributed by atoms with van der Waals surface area (Å²) in [4.78, 5) is 10.6. The molecule has 0 bridgehead atoms. The highest BCUT2D eigenvalue weighted by Crippen LogP contribution is 2.06. The summed E-state index contributed by atoms with van der Waals surface area (Å²) in [5, 5.41) is 10.1. The Kier molecular flexibility index (Phi) is 3.88. The summed E-state index contributed by atoms with van der Waals surface area (Å²) in [5.41, 5.74) is 6.46. The van der Waals surface area contributed by atoms with Crippen molar-refractivity contribution in [3.8, 4) is 0 Å². The maximum atomic E-state index is 10.6. The van der Waals surface area contributed by atoms with Gasteiger partial charge in [-0.3, -0.25) is 4.79 Å². The average molecular weight is 237 g/mol. The zero-order chi connectivity index (χ0) is 12.3. The first-order valence-corrected chi connectivity index (χ1v) is 8.88. The van der Waals surface area contributed by atoms with Gasteiger partial charge in [0.25, 0.3) is 0 Å². The van der Waals surface area contributed by atoms with Gasteiger partial charge in [0.1, 0.15) is 6.04 Å². The van der Waals surface area contributed by atoms with E-state index in [1.54, 1.807) is 0 Å². The molecule has 0 fully saturated rings. The van der Waals surface area contributed by atoms with Gasteiger partial charge in [-0.15, -0.1) is 0 Å². The Labute approximate surface area is 97.3 Å². The van der Waals surface area contributed by atoms with Gasteiger partial charge in [-0.2, -0.15) is 0 Å². The topological polar surface area (TPSA) is 63.3 Å². The number of carboxylic acids is 1. The number of carbonyl (C=O) groups is 1. The highest BCUT2D eigenvalue weighted by molar-refractivity contribution is 6.88. The van der Waals surface area contributed by atoms with Crippen LogP contribution < -0.4 is 10.9 Å². The monoisotopic (exact) mass is 237 g/mol. The van der Waals surface area contributed by atoms with Gasteiger partial charge in [0.15, 0.2) is 0 Å². The standard InChI is InChI=1S/C12H19NO2Si/c1-16(2,3)10-6-4-9(5-7-10)8-11(13)12(14)15/h4-7,11H,8,13H2,1-3H3,(H,14,15)/t11-/m1/s1. The minimum Gasteiger partial charge on any atom is -0.480 e. The molecule has 0 radical (unpaired) electrons. The van der Waals surface area contributed by atoms with Crippen LogP contribution in [-0.4, -0.2) is 25.2 Å². The van der Waals surface area contributed by atoms with Crippen molar-refractivity contribution < 1.29 is 9.90 Å². The molecule has 4 heteroatoms. The molecular weight excluding hydrogens is 218 g/mol. The third kappa shape index (κ3) is 3.47. The van der Waals surface area contributed by atoms with Crippen LogP contribution in [0.1, 0.15) is 5.56 Å². The molecule has 0 aromatic heterocycles. The Morgan fingerprint density at radius 3 is 2.19 bits per heavy atom. The van der Waals surface area contributed by atoms with E-state index in [9.17, 15) is 4.79 Å². The highest BCUT2D eigenvalue weighted by atomic mass is 28.3. The lowest BCUT2D eigenvalue weighted by Crippen LogP contribution is -2.37. The van der Waals surface area contributed by atoms with Gasteiger partial charge in [-0.25, -0.2) is 0 Å². The third-order valence-corrected chi connectivity index (χ3v) is 4.66. The third-order valence-electron chi connectivity index (χ3n) is 2.59. The summed E-state index contributed by atoms with van der Waals surface area (Å²) in [6, 6.07) is 7.34. The average Bonchev–Trinajstić information content (AvgIpc) is 2.17. The van der Waals surface area contributed by atoms with Crippen molar-refractivity contribution in [2.24, 2.45) is 5.73 Å². The van der Waals surface area contributed by atoms with Crippen molar-refractivity contribution in [2.75, 3.05) is 0 Å². The van der Waals surface area contributed by atoms with E-state index in [4.69, 9.17) is 10.8 Å². The van der Waals surface area contributed by atoms with Gasteiger partial charge in [0, 0.05) is 0 Å². The first kappa shape index (κ1) is 12.9. The molecule has 0 aliphatic carbocycles. The summed E-state index contributed by atoms with van der Waals surface area (Å²) in [6.45, 7) is 6.85. The largest absolute Gasteiger partial charge is 0.480 e. The van der Waals surface area contributed by atoms with E-state index in [2.05, 4.69) is 31.8 Å². The van der Waals surface area contributed by atoms with Crippen LogP contribution in [-0.2, 0) is 11.2 Å². The van der Waals surface area contributed by atoms with Gasteiger partial charge in [0.05, 0.1) is 8.07 Å². The number of rotatable bonds is 4. The first-order valence-electron chi connectivity index (χ1n) is 5.38. The lowest BCUT2D eigenvalue weighted by Gasteiger charge is -2.17. The number of carboxylic acid groups (broad SMARTS) is 1. The first-order chi connectivity index (χ1) is 7.30. The molecule has 1 aromatic rings. The molecule has 1 atom stereocenters. The van der Waals surface area contributed by atoms with E-state index in [1.165, 1.54) is 5.19 Å². The molecule has 3 nitrogen and oxygen atoms in total.